The Kier molecular flexibility index (Phi) is 3.22. The molecule has 0 spiro atoms. The average molecular weight is 360 g/mol. The highest BCUT2D eigenvalue weighted by molar-refractivity contribution is 14.1. The monoisotopic (exact) mass is 360 g/mol. The fraction of sp³-hybridized carbons (Fsp3) is 0.143. The predicted octanol–water partition coefficient (Wildman–Crippen LogP) is 2.90. The van der Waals surface area contributed by atoms with Gasteiger partial charge in [-0.25, -0.2) is 0 Å². The Labute approximate surface area is 87.4 Å². The van der Waals surface area contributed by atoms with Crippen molar-refractivity contribution >= 4 is 45.2 Å². The van der Waals surface area contributed by atoms with Gasteiger partial charge in [0.15, 0.2) is 0 Å². The Hall–Kier alpha value is 0.480. The van der Waals surface area contributed by atoms with Gasteiger partial charge in [0.05, 0.1) is 7.11 Å². The second-order valence-electron chi connectivity index (χ2n) is 1.81. The smallest absolute Gasteiger partial charge is 0.120 e. The van der Waals surface area contributed by atoms with Crippen molar-refractivity contribution < 1.29 is 4.74 Å². The molecule has 0 amide bonds. The van der Waals surface area contributed by atoms with Crippen LogP contribution >= 0.6 is 45.2 Å². The molecule has 1 aromatic carbocycles. The van der Waals surface area contributed by atoms with Crippen LogP contribution in [0.4, 0.5) is 0 Å². The van der Waals surface area contributed by atoms with Crippen LogP contribution in [0.1, 0.15) is 0 Å². The zero-order valence-electron chi connectivity index (χ0n) is 5.40. The lowest BCUT2D eigenvalue weighted by Crippen LogP contribution is -1.84. The van der Waals surface area contributed by atoms with E-state index in [0.717, 1.165) is 5.75 Å². The van der Waals surface area contributed by atoms with Crippen molar-refractivity contribution in [2.24, 2.45) is 0 Å². The van der Waals surface area contributed by atoms with Crippen LogP contribution in [0.15, 0.2) is 18.2 Å². The summed E-state index contributed by atoms with van der Waals surface area (Å²) in [6.45, 7) is 0. The molecular weight excluding hydrogens is 354 g/mol. The summed E-state index contributed by atoms with van der Waals surface area (Å²) in [7, 11) is 1.68. The molecule has 0 saturated carbocycles. The molecule has 0 heterocycles. The van der Waals surface area contributed by atoms with E-state index in [2.05, 4.69) is 51.2 Å². The van der Waals surface area contributed by atoms with Gasteiger partial charge in [-0.3, -0.25) is 0 Å². The first-order chi connectivity index (χ1) is 4.72. The number of ether oxygens (including phenoxy) is 1. The molecule has 0 bridgehead atoms. The Balaban J connectivity index is 3.06. The van der Waals surface area contributed by atoms with Gasteiger partial charge in [0, 0.05) is 7.14 Å². The first kappa shape index (κ1) is 8.58. The van der Waals surface area contributed by atoms with E-state index in [1.807, 2.05) is 12.1 Å². The van der Waals surface area contributed by atoms with E-state index < -0.39 is 0 Å². The normalized spacial score (nSPS) is 9.50. The molecule has 1 rings (SSSR count). The molecule has 54 valence electrons. The average Bonchev–Trinajstić information content (AvgIpc) is 1.85. The Morgan fingerprint density at radius 1 is 1.10 bits per heavy atom. The molecule has 0 fully saturated rings. The third-order valence-corrected chi connectivity index (χ3v) is 2.32. The third-order valence-electron chi connectivity index (χ3n) is 1.07. The molecule has 0 aromatic heterocycles. The fourth-order valence-corrected chi connectivity index (χ4v) is 2.53. The van der Waals surface area contributed by atoms with E-state index in [-0.39, 0.29) is 0 Å². The van der Waals surface area contributed by atoms with E-state index in [4.69, 9.17) is 4.74 Å². The highest BCUT2D eigenvalue weighted by atomic mass is 127. The molecular formula is C7H6I2O. The molecule has 0 N–H and O–H groups in total. The molecule has 0 aliphatic rings. The number of benzene rings is 1. The van der Waals surface area contributed by atoms with Crippen LogP contribution in [0, 0.1) is 7.14 Å². The first-order valence-corrected chi connectivity index (χ1v) is 4.88. The maximum Gasteiger partial charge on any atom is 0.120 e. The zero-order valence-corrected chi connectivity index (χ0v) is 9.71. The molecule has 0 atom stereocenters. The molecule has 0 saturated heterocycles. The summed E-state index contributed by atoms with van der Waals surface area (Å²) in [6.07, 6.45) is 0. The van der Waals surface area contributed by atoms with Gasteiger partial charge >= 0.3 is 0 Å². The van der Waals surface area contributed by atoms with Crippen molar-refractivity contribution in [3.63, 3.8) is 0 Å². The van der Waals surface area contributed by atoms with Gasteiger partial charge in [0.2, 0.25) is 0 Å². The van der Waals surface area contributed by atoms with Crippen molar-refractivity contribution in [3.05, 3.63) is 25.3 Å². The molecule has 10 heavy (non-hydrogen) atoms. The number of hydrogen-bond donors (Lipinski definition) is 0. The summed E-state index contributed by atoms with van der Waals surface area (Å²) in [5.41, 5.74) is 0. The van der Waals surface area contributed by atoms with Crippen molar-refractivity contribution in [1.82, 2.24) is 0 Å². The summed E-state index contributed by atoms with van der Waals surface area (Å²) in [6, 6.07) is 6.11. The minimum Gasteiger partial charge on any atom is -0.497 e. The van der Waals surface area contributed by atoms with Crippen molar-refractivity contribution in [1.29, 1.82) is 0 Å². The lowest BCUT2D eigenvalue weighted by atomic mass is 10.3. The van der Waals surface area contributed by atoms with Crippen LogP contribution in [-0.2, 0) is 0 Å². The maximum atomic E-state index is 5.07. The molecule has 1 nitrogen and oxygen atoms in total. The number of hydrogen-bond acceptors (Lipinski definition) is 1. The highest BCUT2D eigenvalue weighted by Crippen LogP contribution is 2.19. The predicted molar refractivity (Wildman–Crippen MR) is 58.4 cm³/mol. The maximum absolute atomic E-state index is 5.07. The zero-order chi connectivity index (χ0) is 7.56. The van der Waals surface area contributed by atoms with E-state index >= 15 is 0 Å². The number of halogens is 2. The second kappa shape index (κ2) is 3.75. The highest BCUT2D eigenvalue weighted by Gasteiger charge is 1.94. The van der Waals surface area contributed by atoms with Crippen LogP contribution in [0.5, 0.6) is 5.75 Å². The van der Waals surface area contributed by atoms with Gasteiger partial charge in [-0.15, -0.1) is 0 Å². The SMILES string of the molecule is COc1cc(I)cc(I)c1. The van der Waals surface area contributed by atoms with Gasteiger partial charge < -0.3 is 4.74 Å². The van der Waals surface area contributed by atoms with Crippen LogP contribution in [0.2, 0.25) is 0 Å². The van der Waals surface area contributed by atoms with Crippen molar-refractivity contribution in [3.8, 4) is 5.75 Å². The second-order valence-corrected chi connectivity index (χ2v) is 4.30. The van der Waals surface area contributed by atoms with E-state index in [9.17, 15) is 0 Å². The summed E-state index contributed by atoms with van der Waals surface area (Å²) >= 11 is 4.54. The summed E-state index contributed by atoms with van der Waals surface area (Å²) in [5.74, 6) is 0.927. The molecule has 0 aliphatic carbocycles. The Morgan fingerprint density at radius 3 is 2.00 bits per heavy atom. The fourth-order valence-electron chi connectivity index (χ4n) is 0.646. The van der Waals surface area contributed by atoms with E-state index in [0.29, 0.717) is 0 Å². The number of rotatable bonds is 1. The quantitative estimate of drug-likeness (QED) is 0.700. The summed E-state index contributed by atoms with van der Waals surface area (Å²) < 4.78 is 7.49. The van der Waals surface area contributed by atoms with Crippen molar-refractivity contribution in [2.75, 3.05) is 7.11 Å². The minimum atomic E-state index is 0.927. The van der Waals surface area contributed by atoms with Crippen LogP contribution in [-0.4, -0.2) is 7.11 Å². The largest absolute Gasteiger partial charge is 0.497 e. The summed E-state index contributed by atoms with van der Waals surface area (Å²) in [4.78, 5) is 0. The standard InChI is InChI=1S/C7H6I2O/c1-10-7-3-5(8)2-6(9)4-7/h2-4H,1H3. The van der Waals surface area contributed by atoms with E-state index in [1.165, 1.54) is 7.14 Å². The molecule has 0 aliphatic heterocycles. The molecule has 3 heteroatoms. The molecule has 1 aromatic rings. The Morgan fingerprint density at radius 2 is 1.60 bits per heavy atom. The van der Waals surface area contributed by atoms with Gasteiger partial charge in [-0.2, -0.15) is 0 Å². The van der Waals surface area contributed by atoms with E-state index in [1.54, 1.807) is 7.11 Å². The van der Waals surface area contributed by atoms with Crippen LogP contribution < -0.4 is 4.74 Å². The molecule has 0 radical (unpaired) electrons. The van der Waals surface area contributed by atoms with Crippen LogP contribution in [0.25, 0.3) is 0 Å². The van der Waals surface area contributed by atoms with Gasteiger partial charge in [0.1, 0.15) is 5.75 Å². The summed E-state index contributed by atoms with van der Waals surface area (Å²) in [5, 5.41) is 0. The topological polar surface area (TPSA) is 9.23 Å². The third kappa shape index (κ3) is 2.26. The number of methoxy groups -OCH3 is 1. The van der Waals surface area contributed by atoms with Crippen LogP contribution in [0.3, 0.4) is 0 Å². The minimum absolute atomic E-state index is 0.927. The lowest BCUT2D eigenvalue weighted by Gasteiger charge is -1.99. The van der Waals surface area contributed by atoms with Crippen molar-refractivity contribution in [2.45, 2.75) is 0 Å². The van der Waals surface area contributed by atoms with Gasteiger partial charge in [-0.05, 0) is 63.4 Å². The Bertz CT molecular complexity index is 215. The first-order valence-electron chi connectivity index (χ1n) is 2.72. The lowest BCUT2D eigenvalue weighted by molar-refractivity contribution is 0.414. The van der Waals surface area contributed by atoms with Gasteiger partial charge in [-0.1, -0.05) is 0 Å². The molecule has 0 unspecified atom stereocenters. The van der Waals surface area contributed by atoms with Gasteiger partial charge in [0.25, 0.3) is 0 Å².